The van der Waals surface area contributed by atoms with Crippen LogP contribution in [0, 0.1) is 3.57 Å². The topological polar surface area (TPSA) is 46.2 Å². The van der Waals surface area contributed by atoms with E-state index >= 15 is 0 Å². The summed E-state index contributed by atoms with van der Waals surface area (Å²) in [6.45, 7) is 0. The Morgan fingerprint density at radius 3 is 3.00 bits per heavy atom. The largest absolute Gasteiger partial charge is 0.506 e. The van der Waals surface area contributed by atoms with Crippen LogP contribution in [-0.4, -0.2) is 5.11 Å². The molecule has 70 valence electrons. The van der Waals surface area contributed by atoms with Gasteiger partial charge in [-0.2, -0.15) is 0 Å². The van der Waals surface area contributed by atoms with E-state index in [0.717, 1.165) is 28.4 Å². The van der Waals surface area contributed by atoms with Gasteiger partial charge in [0.15, 0.2) is 0 Å². The molecular formula is C10H12INO. The SMILES string of the molecule is N[C@@H]1CCCc2ccc(I)c(O)c21. The van der Waals surface area contributed by atoms with E-state index < -0.39 is 0 Å². The average Bonchev–Trinajstić information content (AvgIpc) is 2.12. The van der Waals surface area contributed by atoms with Crippen molar-refractivity contribution in [2.45, 2.75) is 25.3 Å². The van der Waals surface area contributed by atoms with E-state index in [-0.39, 0.29) is 6.04 Å². The molecule has 0 fully saturated rings. The summed E-state index contributed by atoms with van der Waals surface area (Å²) in [5.41, 5.74) is 8.14. The van der Waals surface area contributed by atoms with Crippen molar-refractivity contribution >= 4 is 22.6 Å². The lowest BCUT2D eigenvalue weighted by Crippen LogP contribution is -2.17. The molecule has 1 aromatic carbocycles. The smallest absolute Gasteiger partial charge is 0.133 e. The summed E-state index contributed by atoms with van der Waals surface area (Å²) in [4.78, 5) is 0. The molecule has 0 heterocycles. The van der Waals surface area contributed by atoms with Gasteiger partial charge in [-0.05, 0) is 53.5 Å². The Kier molecular flexibility index (Phi) is 2.47. The molecule has 0 spiro atoms. The number of aryl methyl sites for hydroxylation is 1. The Bertz CT molecular complexity index is 338. The predicted octanol–water partition coefficient (Wildman–Crippen LogP) is 2.33. The second kappa shape index (κ2) is 3.46. The summed E-state index contributed by atoms with van der Waals surface area (Å²) >= 11 is 2.13. The minimum Gasteiger partial charge on any atom is -0.506 e. The highest BCUT2D eigenvalue weighted by Gasteiger charge is 2.21. The van der Waals surface area contributed by atoms with Gasteiger partial charge in [0, 0.05) is 11.6 Å². The maximum absolute atomic E-state index is 9.83. The van der Waals surface area contributed by atoms with E-state index in [1.165, 1.54) is 5.56 Å². The molecule has 2 rings (SSSR count). The van der Waals surface area contributed by atoms with Gasteiger partial charge in [0.25, 0.3) is 0 Å². The minimum atomic E-state index is 0.0264. The molecule has 0 saturated heterocycles. The Morgan fingerprint density at radius 2 is 2.23 bits per heavy atom. The molecule has 1 aromatic rings. The molecule has 2 nitrogen and oxygen atoms in total. The van der Waals surface area contributed by atoms with Gasteiger partial charge in [-0.1, -0.05) is 6.07 Å². The first-order chi connectivity index (χ1) is 6.20. The van der Waals surface area contributed by atoms with E-state index in [1.54, 1.807) is 0 Å². The molecule has 0 saturated carbocycles. The van der Waals surface area contributed by atoms with Crippen LogP contribution >= 0.6 is 22.6 Å². The van der Waals surface area contributed by atoms with Crippen molar-refractivity contribution < 1.29 is 5.11 Å². The van der Waals surface area contributed by atoms with Crippen LogP contribution in [-0.2, 0) is 6.42 Å². The van der Waals surface area contributed by atoms with Crippen LogP contribution in [0.4, 0.5) is 0 Å². The average molecular weight is 289 g/mol. The quantitative estimate of drug-likeness (QED) is 0.720. The van der Waals surface area contributed by atoms with Gasteiger partial charge in [0.2, 0.25) is 0 Å². The molecule has 0 bridgehead atoms. The van der Waals surface area contributed by atoms with E-state index in [9.17, 15) is 5.11 Å². The van der Waals surface area contributed by atoms with E-state index in [4.69, 9.17) is 5.73 Å². The van der Waals surface area contributed by atoms with Crippen LogP contribution in [0.3, 0.4) is 0 Å². The second-order valence-electron chi connectivity index (χ2n) is 3.47. The molecular weight excluding hydrogens is 277 g/mol. The van der Waals surface area contributed by atoms with Gasteiger partial charge < -0.3 is 10.8 Å². The van der Waals surface area contributed by atoms with E-state index in [2.05, 4.69) is 28.7 Å². The number of hydrogen-bond acceptors (Lipinski definition) is 2. The first-order valence-electron chi connectivity index (χ1n) is 4.46. The molecule has 1 aliphatic carbocycles. The third-order valence-corrected chi connectivity index (χ3v) is 3.46. The lowest BCUT2D eigenvalue weighted by molar-refractivity contribution is 0.444. The van der Waals surface area contributed by atoms with Gasteiger partial charge in [-0.15, -0.1) is 0 Å². The molecule has 13 heavy (non-hydrogen) atoms. The highest BCUT2D eigenvalue weighted by molar-refractivity contribution is 14.1. The maximum Gasteiger partial charge on any atom is 0.133 e. The molecule has 0 aliphatic heterocycles. The fourth-order valence-corrected chi connectivity index (χ4v) is 2.38. The van der Waals surface area contributed by atoms with Crippen molar-refractivity contribution in [2.24, 2.45) is 5.73 Å². The Hall–Kier alpha value is -0.290. The number of aromatic hydroxyl groups is 1. The van der Waals surface area contributed by atoms with E-state index in [0.29, 0.717) is 5.75 Å². The summed E-state index contributed by atoms with van der Waals surface area (Å²) < 4.78 is 0.897. The van der Waals surface area contributed by atoms with Crippen molar-refractivity contribution in [3.63, 3.8) is 0 Å². The number of benzene rings is 1. The van der Waals surface area contributed by atoms with Crippen molar-refractivity contribution in [1.29, 1.82) is 0 Å². The summed E-state index contributed by atoms with van der Waals surface area (Å²) in [7, 11) is 0. The van der Waals surface area contributed by atoms with Crippen molar-refractivity contribution in [3.8, 4) is 5.75 Å². The first-order valence-corrected chi connectivity index (χ1v) is 5.54. The van der Waals surface area contributed by atoms with Gasteiger partial charge in [-0.25, -0.2) is 0 Å². The fourth-order valence-electron chi connectivity index (χ4n) is 1.91. The number of nitrogens with two attached hydrogens (primary N) is 1. The molecule has 0 unspecified atom stereocenters. The van der Waals surface area contributed by atoms with Crippen molar-refractivity contribution in [3.05, 3.63) is 26.8 Å². The number of fused-ring (bicyclic) bond motifs is 1. The van der Waals surface area contributed by atoms with Crippen molar-refractivity contribution in [2.75, 3.05) is 0 Å². The van der Waals surface area contributed by atoms with Crippen molar-refractivity contribution in [1.82, 2.24) is 0 Å². The monoisotopic (exact) mass is 289 g/mol. The number of phenolic OH excluding ortho intramolecular Hbond substituents is 1. The fraction of sp³-hybridized carbons (Fsp3) is 0.400. The van der Waals surface area contributed by atoms with Gasteiger partial charge in [0.05, 0.1) is 3.57 Å². The summed E-state index contributed by atoms with van der Waals surface area (Å²) in [5, 5.41) is 9.83. The first kappa shape index (κ1) is 9.27. The van der Waals surface area contributed by atoms with Gasteiger partial charge in [-0.3, -0.25) is 0 Å². The van der Waals surface area contributed by atoms with Gasteiger partial charge in [0.1, 0.15) is 5.75 Å². The van der Waals surface area contributed by atoms with Gasteiger partial charge >= 0.3 is 0 Å². The van der Waals surface area contributed by atoms with Crippen LogP contribution in [0.1, 0.15) is 30.0 Å². The van der Waals surface area contributed by atoms with Crippen LogP contribution in [0.5, 0.6) is 5.75 Å². The Morgan fingerprint density at radius 1 is 1.46 bits per heavy atom. The van der Waals surface area contributed by atoms with Crippen LogP contribution in [0.2, 0.25) is 0 Å². The molecule has 0 aromatic heterocycles. The molecule has 3 heteroatoms. The summed E-state index contributed by atoms with van der Waals surface area (Å²) in [6, 6.07) is 4.06. The highest BCUT2D eigenvalue weighted by Crippen LogP contribution is 2.37. The zero-order valence-electron chi connectivity index (χ0n) is 7.26. The normalized spacial score (nSPS) is 21.2. The van der Waals surface area contributed by atoms with Crippen LogP contribution in [0.15, 0.2) is 12.1 Å². The zero-order valence-corrected chi connectivity index (χ0v) is 9.41. The number of hydrogen-bond donors (Lipinski definition) is 2. The third kappa shape index (κ3) is 1.55. The Labute approximate surface area is 91.3 Å². The Balaban J connectivity index is 2.58. The molecule has 1 atom stereocenters. The predicted molar refractivity (Wildman–Crippen MR) is 60.7 cm³/mol. The van der Waals surface area contributed by atoms with Crippen LogP contribution < -0.4 is 5.73 Å². The molecule has 3 N–H and O–H groups in total. The zero-order chi connectivity index (χ0) is 9.42. The number of phenols is 1. The van der Waals surface area contributed by atoms with E-state index in [1.807, 2.05) is 6.07 Å². The third-order valence-electron chi connectivity index (χ3n) is 2.59. The lowest BCUT2D eigenvalue weighted by Gasteiger charge is -2.23. The molecule has 0 radical (unpaired) electrons. The highest BCUT2D eigenvalue weighted by atomic mass is 127. The lowest BCUT2D eigenvalue weighted by atomic mass is 9.87. The van der Waals surface area contributed by atoms with Crippen LogP contribution in [0.25, 0.3) is 0 Å². The number of rotatable bonds is 0. The summed E-state index contributed by atoms with van der Waals surface area (Å²) in [6.07, 6.45) is 3.17. The molecule has 1 aliphatic rings. The minimum absolute atomic E-state index is 0.0264. The molecule has 0 amide bonds. The summed E-state index contributed by atoms with van der Waals surface area (Å²) in [5.74, 6) is 0.394. The maximum atomic E-state index is 9.83. The number of halogens is 1. The second-order valence-corrected chi connectivity index (χ2v) is 4.63. The standard InChI is InChI=1S/C10H12INO/c11-7-5-4-6-2-1-3-8(12)9(6)10(7)13/h4-5,8,13H,1-3,12H2/t8-/m1/s1.